The lowest BCUT2D eigenvalue weighted by Gasteiger charge is -2.27. The Morgan fingerprint density at radius 1 is 0.960 bits per heavy atom. The third-order valence-corrected chi connectivity index (χ3v) is 3.68. The standard InChI is InChI=1S/C21H33NO3/c1-20(2,3)14-12-18(23)13-15-22(19(24)25-21(4,5)6)16-17-10-8-7-9-11-17/h7-11H,12-16H2,1-6H3. The van der Waals surface area contributed by atoms with Gasteiger partial charge in [-0.3, -0.25) is 4.79 Å². The average Bonchev–Trinajstić information content (AvgIpc) is 2.48. The normalized spacial score (nSPS) is 11.9. The van der Waals surface area contributed by atoms with Crippen molar-refractivity contribution >= 4 is 11.9 Å². The molecule has 1 aromatic carbocycles. The summed E-state index contributed by atoms with van der Waals surface area (Å²) in [6.45, 7) is 12.8. The molecule has 1 aromatic rings. The second-order valence-corrected chi connectivity index (χ2v) is 8.74. The van der Waals surface area contributed by atoms with Crippen LogP contribution in [0.3, 0.4) is 0 Å². The Balaban J connectivity index is 2.67. The summed E-state index contributed by atoms with van der Waals surface area (Å²) in [5, 5.41) is 0. The van der Waals surface area contributed by atoms with Gasteiger partial charge in [0.2, 0.25) is 0 Å². The molecule has 0 aromatic heterocycles. The Hall–Kier alpha value is -1.84. The summed E-state index contributed by atoms with van der Waals surface area (Å²) in [5.41, 5.74) is 0.614. The first-order valence-corrected chi connectivity index (χ1v) is 9.00. The lowest BCUT2D eigenvalue weighted by molar-refractivity contribution is -0.119. The molecule has 0 unspecified atom stereocenters. The molecule has 25 heavy (non-hydrogen) atoms. The SMILES string of the molecule is CC(C)(C)CCC(=O)CCN(Cc1ccccc1)C(=O)OC(C)(C)C. The molecule has 0 spiro atoms. The highest BCUT2D eigenvalue weighted by molar-refractivity contribution is 5.79. The van der Waals surface area contributed by atoms with Crippen LogP contribution in [0.2, 0.25) is 0 Å². The molecule has 1 amide bonds. The number of carbonyl (C=O) groups is 2. The molecule has 0 N–H and O–H groups in total. The van der Waals surface area contributed by atoms with Crippen molar-refractivity contribution in [3.63, 3.8) is 0 Å². The summed E-state index contributed by atoms with van der Waals surface area (Å²) in [5.74, 6) is 0.191. The van der Waals surface area contributed by atoms with E-state index >= 15 is 0 Å². The summed E-state index contributed by atoms with van der Waals surface area (Å²) in [6.07, 6.45) is 1.40. The van der Waals surface area contributed by atoms with Crippen molar-refractivity contribution in [1.29, 1.82) is 0 Å². The number of rotatable bonds is 7. The van der Waals surface area contributed by atoms with Crippen LogP contribution >= 0.6 is 0 Å². The largest absolute Gasteiger partial charge is 0.444 e. The minimum Gasteiger partial charge on any atom is -0.444 e. The topological polar surface area (TPSA) is 46.6 Å². The minimum atomic E-state index is -0.553. The third kappa shape index (κ3) is 9.90. The van der Waals surface area contributed by atoms with Gasteiger partial charge in [-0.1, -0.05) is 51.1 Å². The van der Waals surface area contributed by atoms with E-state index in [9.17, 15) is 9.59 Å². The molecular formula is C21H33NO3. The zero-order valence-electron chi connectivity index (χ0n) is 16.6. The van der Waals surface area contributed by atoms with Crippen LogP contribution in [0, 0.1) is 5.41 Å². The monoisotopic (exact) mass is 347 g/mol. The van der Waals surface area contributed by atoms with E-state index in [-0.39, 0.29) is 17.3 Å². The van der Waals surface area contributed by atoms with Gasteiger partial charge in [-0.25, -0.2) is 4.79 Å². The number of hydrogen-bond acceptors (Lipinski definition) is 3. The number of carbonyl (C=O) groups excluding carboxylic acids is 2. The van der Waals surface area contributed by atoms with Crippen LogP contribution in [0.5, 0.6) is 0 Å². The van der Waals surface area contributed by atoms with Crippen LogP contribution in [0.15, 0.2) is 30.3 Å². The fraction of sp³-hybridized carbons (Fsp3) is 0.619. The van der Waals surface area contributed by atoms with Crippen LogP contribution < -0.4 is 0 Å². The summed E-state index contributed by atoms with van der Waals surface area (Å²) in [6, 6.07) is 9.77. The predicted octanol–water partition coefficient (Wildman–Crippen LogP) is 5.21. The highest BCUT2D eigenvalue weighted by Gasteiger charge is 2.23. The van der Waals surface area contributed by atoms with Crippen molar-refractivity contribution in [3.05, 3.63) is 35.9 Å². The van der Waals surface area contributed by atoms with E-state index in [2.05, 4.69) is 20.8 Å². The lowest BCUT2D eigenvalue weighted by atomic mass is 9.89. The van der Waals surface area contributed by atoms with Gasteiger partial charge in [-0.2, -0.15) is 0 Å². The molecule has 0 aliphatic heterocycles. The number of nitrogens with zero attached hydrogens (tertiary/aromatic N) is 1. The highest BCUT2D eigenvalue weighted by atomic mass is 16.6. The molecule has 1 rings (SSSR count). The molecule has 4 nitrogen and oxygen atoms in total. The van der Waals surface area contributed by atoms with Gasteiger partial charge in [-0.05, 0) is 38.2 Å². The third-order valence-electron chi connectivity index (χ3n) is 3.68. The molecule has 0 atom stereocenters. The molecule has 140 valence electrons. The van der Waals surface area contributed by atoms with Crippen molar-refractivity contribution in [2.75, 3.05) is 6.54 Å². The Kier molecular flexibility index (Phi) is 7.65. The number of benzene rings is 1. The molecule has 0 saturated carbocycles. The Morgan fingerprint density at radius 3 is 2.08 bits per heavy atom. The van der Waals surface area contributed by atoms with E-state index in [1.807, 2.05) is 51.1 Å². The molecule has 4 heteroatoms. The summed E-state index contributed by atoms with van der Waals surface area (Å²) >= 11 is 0. The lowest BCUT2D eigenvalue weighted by Crippen LogP contribution is -2.37. The summed E-state index contributed by atoms with van der Waals surface area (Å²) in [7, 11) is 0. The van der Waals surface area contributed by atoms with E-state index in [0.717, 1.165) is 12.0 Å². The Morgan fingerprint density at radius 2 is 1.56 bits per heavy atom. The first-order chi connectivity index (χ1) is 11.5. The number of Topliss-reactive ketones (excluding diaryl/α,β-unsaturated/α-hetero) is 1. The van der Waals surface area contributed by atoms with E-state index in [0.29, 0.717) is 25.9 Å². The van der Waals surface area contributed by atoms with Gasteiger partial charge in [0, 0.05) is 25.9 Å². The number of hydrogen-bond donors (Lipinski definition) is 0. The molecule has 0 aliphatic rings. The first kappa shape index (κ1) is 21.2. The van der Waals surface area contributed by atoms with Crippen molar-refractivity contribution in [3.8, 4) is 0 Å². The van der Waals surface area contributed by atoms with Crippen LogP contribution in [-0.2, 0) is 16.1 Å². The minimum absolute atomic E-state index is 0.143. The highest BCUT2D eigenvalue weighted by Crippen LogP contribution is 2.21. The Labute approximate surface area is 152 Å². The van der Waals surface area contributed by atoms with Crippen LogP contribution in [0.1, 0.15) is 66.4 Å². The van der Waals surface area contributed by atoms with Gasteiger partial charge < -0.3 is 9.64 Å². The maximum atomic E-state index is 12.5. The summed E-state index contributed by atoms with van der Waals surface area (Å²) < 4.78 is 5.49. The quantitative estimate of drug-likeness (QED) is 0.680. The zero-order chi connectivity index (χ0) is 19.1. The molecule has 0 heterocycles. The van der Waals surface area contributed by atoms with Crippen LogP contribution in [0.25, 0.3) is 0 Å². The van der Waals surface area contributed by atoms with E-state index in [4.69, 9.17) is 4.74 Å². The molecule has 0 bridgehead atoms. The number of ketones is 1. The Bertz CT molecular complexity index is 553. The van der Waals surface area contributed by atoms with Crippen molar-refractivity contribution in [1.82, 2.24) is 4.90 Å². The predicted molar refractivity (Wildman–Crippen MR) is 101 cm³/mol. The van der Waals surface area contributed by atoms with Crippen molar-refractivity contribution in [2.24, 2.45) is 5.41 Å². The van der Waals surface area contributed by atoms with Gasteiger partial charge >= 0.3 is 6.09 Å². The molecule has 0 fully saturated rings. The molecule has 0 radical (unpaired) electrons. The summed E-state index contributed by atoms with van der Waals surface area (Å²) in [4.78, 5) is 26.3. The number of amides is 1. The maximum Gasteiger partial charge on any atom is 0.410 e. The van der Waals surface area contributed by atoms with Crippen molar-refractivity contribution < 1.29 is 14.3 Å². The maximum absolute atomic E-state index is 12.5. The van der Waals surface area contributed by atoms with Gasteiger partial charge in [0.1, 0.15) is 11.4 Å². The molecule has 0 aliphatic carbocycles. The number of ether oxygens (including phenoxy) is 1. The van der Waals surface area contributed by atoms with Crippen molar-refractivity contribution in [2.45, 2.75) is 73.0 Å². The van der Waals surface area contributed by atoms with E-state index in [1.54, 1.807) is 4.90 Å². The van der Waals surface area contributed by atoms with Gasteiger partial charge in [0.15, 0.2) is 0 Å². The van der Waals surface area contributed by atoms with E-state index < -0.39 is 5.60 Å². The van der Waals surface area contributed by atoms with Gasteiger partial charge in [-0.15, -0.1) is 0 Å². The smallest absolute Gasteiger partial charge is 0.410 e. The van der Waals surface area contributed by atoms with Crippen LogP contribution in [0.4, 0.5) is 4.79 Å². The molecular weight excluding hydrogens is 314 g/mol. The van der Waals surface area contributed by atoms with Crippen LogP contribution in [-0.4, -0.2) is 28.9 Å². The average molecular weight is 347 g/mol. The fourth-order valence-corrected chi connectivity index (χ4v) is 2.26. The zero-order valence-corrected chi connectivity index (χ0v) is 16.6. The van der Waals surface area contributed by atoms with Gasteiger partial charge in [0.25, 0.3) is 0 Å². The fourth-order valence-electron chi connectivity index (χ4n) is 2.26. The second-order valence-electron chi connectivity index (χ2n) is 8.74. The molecule has 0 saturated heterocycles. The first-order valence-electron chi connectivity index (χ1n) is 9.00. The van der Waals surface area contributed by atoms with Gasteiger partial charge in [0.05, 0.1) is 0 Å². The second kappa shape index (κ2) is 9.02. The van der Waals surface area contributed by atoms with E-state index in [1.165, 1.54) is 0 Å².